The molecule has 22 heavy (non-hydrogen) atoms. The Morgan fingerprint density at radius 1 is 1.27 bits per heavy atom. The Bertz CT molecular complexity index is 584. The Morgan fingerprint density at radius 2 is 2.05 bits per heavy atom. The van der Waals surface area contributed by atoms with Gasteiger partial charge in [-0.05, 0) is 48.6 Å². The molecule has 0 spiro atoms. The molecule has 1 amide bonds. The topological polar surface area (TPSA) is 42.0 Å². The number of aromatic nitrogens is 1. The first kappa shape index (κ1) is 16.1. The van der Waals surface area contributed by atoms with E-state index < -0.39 is 0 Å². The molecular weight excluding hydrogens is 279 g/mol. The second-order valence-corrected chi connectivity index (χ2v) is 5.27. The molecule has 0 bridgehead atoms. The fourth-order valence-electron chi connectivity index (χ4n) is 2.44. The van der Waals surface area contributed by atoms with Gasteiger partial charge in [0.25, 0.3) is 0 Å². The van der Waals surface area contributed by atoms with Crippen LogP contribution in [0.2, 0.25) is 0 Å². The fourth-order valence-corrected chi connectivity index (χ4v) is 2.44. The first-order chi connectivity index (χ1) is 10.7. The highest BCUT2D eigenvalue weighted by molar-refractivity contribution is 5.83. The van der Waals surface area contributed by atoms with E-state index in [0.717, 1.165) is 18.4 Å². The van der Waals surface area contributed by atoms with Gasteiger partial charge >= 0.3 is 0 Å². The van der Waals surface area contributed by atoms with Crippen LogP contribution in [0.1, 0.15) is 36.8 Å². The van der Waals surface area contributed by atoms with E-state index in [9.17, 15) is 9.18 Å². The van der Waals surface area contributed by atoms with E-state index in [2.05, 4.69) is 10.3 Å². The summed E-state index contributed by atoms with van der Waals surface area (Å²) in [6, 6.07) is 10.1. The average Bonchev–Trinajstić information content (AvgIpc) is 2.55. The third-order valence-electron chi connectivity index (χ3n) is 3.66. The number of amides is 1. The zero-order valence-electron chi connectivity index (χ0n) is 12.8. The lowest BCUT2D eigenvalue weighted by atomic mass is 9.95. The van der Waals surface area contributed by atoms with Crippen LogP contribution >= 0.6 is 0 Å². The Balaban J connectivity index is 1.81. The number of hydrogen-bond acceptors (Lipinski definition) is 2. The van der Waals surface area contributed by atoms with Crippen molar-refractivity contribution >= 4 is 5.91 Å². The Labute approximate surface area is 130 Å². The predicted octanol–water partition coefficient (Wildman–Crippen LogP) is 3.46. The van der Waals surface area contributed by atoms with Crippen LogP contribution in [0.3, 0.4) is 0 Å². The number of halogens is 1. The van der Waals surface area contributed by atoms with E-state index in [1.807, 2.05) is 25.3 Å². The van der Waals surface area contributed by atoms with Crippen molar-refractivity contribution in [2.75, 3.05) is 6.54 Å². The minimum Gasteiger partial charge on any atom is -0.356 e. The van der Waals surface area contributed by atoms with Crippen LogP contribution in [0.25, 0.3) is 0 Å². The number of nitrogens with one attached hydrogen (secondary N) is 1. The van der Waals surface area contributed by atoms with E-state index in [-0.39, 0.29) is 17.6 Å². The van der Waals surface area contributed by atoms with Crippen molar-refractivity contribution in [2.45, 2.75) is 32.1 Å². The van der Waals surface area contributed by atoms with E-state index in [4.69, 9.17) is 0 Å². The molecule has 3 nitrogen and oxygen atoms in total. The summed E-state index contributed by atoms with van der Waals surface area (Å²) < 4.78 is 13.0. The lowest BCUT2D eigenvalue weighted by Crippen LogP contribution is -2.30. The Morgan fingerprint density at radius 3 is 2.68 bits per heavy atom. The summed E-state index contributed by atoms with van der Waals surface area (Å²) in [5.74, 6) is -0.505. The lowest BCUT2D eigenvalue weighted by Gasteiger charge is -2.15. The van der Waals surface area contributed by atoms with Crippen molar-refractivity contribution in [3.63, 3.8) is 0 Å². The van der Waals surface area contributed by atoms with Gasteiger partial charge in [0.2, 0.25) is 5.91 Å². The van der Waals surface area contributed by atoms with Crippen LogP contribution < -0.4 is 5.32 Å². The molecule has 4 heteroatoms. The maximum Gasteiger partial charge on any atom is 0.227 e. The van der Waals surface area contributed by atoms with Crippen LogP contribution in [0, 0.1) is 5.82 Å². The van der Waals surface area contributed by atoms with Gasteiger partial charge in [-0.15, -0.1) is 0 Å². The van der Waals surface area contributed by atoms with E-state index in [1.54, 1.807) is 18.3 Å². The molecule has 0 aliphatic rings. The number of nitrogens with zero attached hydrogens (tertiary/aromatic N) is 1. The molecule has 0 aliphatic heterocycles. The van der Waals surface area contributed by atoms with Crippen LogP contribution in [-0.4, -0.2) is 17.4 Å². The van der Waals surface area contributed by atoms with Gasteiger partial charge < -0.3 is 5.32 Å². The SMILES string of the molecule is CCC(C(=O)NCCCc1cccnc1)c1ccc(F)cc1. The molecule has 0 aliphatic carbocycles. The van der Waals surface area contributed by atoms with Crippen LogP contribution in [0.5, 0.6) is 0 Å². The van der Waals surface area contributed by atoms with Gasteiger partial charge in [0, 0.05) is 18.9 Å². The van der Waals surface area contributed by atoms with Gasteiger partial charge in [-0.25, -0.2) is 4.39 Å². The number of benzene rings is 1. The molecular formula is C18H21FN2O. The number of aryl methyl sites for hydroxylation is 1. The zero-order valence-corrected chi connectivity index (χ0v) is 12.8. The molecule has 116 valence electrons. The molecule has 0 saturated heterocycles. The minimum atomic E-state index is -0.282. The molecule has 1 aromatic carbocycles. The first-order valence-corrected chi connectivity index (χ1v) is 7.62. The summed E-state index contributed by atoms with van der Waals surface area (Å²) in [5.41, 5.74) is 2.02. The van der Waals surface area contributed by atoms with Crippen LogP contribution in [0.4, 0.5) is 4.39 Å². The van der Waals surface area contributed by atoms with Crippen LogP contribution in [0.15, 0.2) is 48.8 Å². The normalized spacial score (nSPS) is 11.9. The van der Waals surface area contributed by atoms with E-state index >= 15 is 0 Å². The Hall–Kier alpha value is -2.23. The number of carbonyl (C=O) groups is 1. The standard InChI is InChI=1S/C18H21FN2O/c1-2-17(15-7-9-16(19)10-8-15)18(22)21-12-4-6-14-5-3-11-20-13-14/h3,5,7-11,13,17H,2,4,6,12H2,1H3,(H,21,22). The third-order valence-corrected chi connectivity index (χ3v) is 3.66. The summed E-state index contributed by atoms with van der Waals surface area (Å²) in [5, 5.41) is 2.96. The van der Waals surface area contributed by atoms with E-state index in [0.29, 0.717) is 13.0 Å². The minimum absolute atomic E-state index is 0.000273. The number of rotatable bonds is 7. The monoisotopic (exact) mass is 300 g/mol. The summed E-state index contributed by atoms with van der Waals surface area (Å²) in [6.07, 6.45) is 6.05. The average molecular weight is 300 g/mol. The highest BCUT2D eigenvalue weighted by atomic mass is 19.1. The maximum atomic E-state index is 13.0. The Kier molecular flexibility index (Phi) is 6.07. The van der Waals surface area contributed by atoms with Crippen molar-refractivity contribution in [3.05, 3.63) is 65.7 Å². The molecule has 0 fully saturated rings. The maximum absolute atomic E-state index is 13.0. The summed E-state index contributed by atoms with van der Waals surface area (Å²) in [7, 11) is 0. The van der Waals surface area contributed by atoms with Gasteiger partial charge in [-0.1, -0.05) is 25.1 Å². The second-order valence-electron chi connectivity index (χ2n) is 5.27. The van der Waals surface area contributed by atoms with Crippen molar-refractivity contribution in [1.29, 1.82) is 0 Å². The molecule has 1 unspecified atom stereocenters. The molecule has 0 saturated carbocycles. The molecule has 0 radical (unpaired) electrons. The first-order valence-electron chi connectivity index (χ1n) is 7.62. The van der Waals surface area contributed by atoms with Crippen molar-refractivity contribution < 1.29 is 9.18 Å². The number of pyridine rings is 1. The smallest absolute Gasteiger partial charge is 0.227 e. The molecule has 2 rings (SSSR count). The molecule has 1 heterocycles. The molecule has 1 N–H and O–H groups in total. The van der Waals surface area contributed by atoms with Crippen molar-refractivity contribution in [3.8, 4) is 0 Å². The third kappa shape index (κ3) is 4.65. The zero-order chi connectivity index (χ0) is 15.8. The van der Waals surface area contributed by atoms with Gasteiger partial charge in [0.1, 0.15) is 5.82 Å². The van der Waals surface area contributed by atoms with Crippen molar-refractivity contribution in [1.82, 2.24) is 10.3 Å². The molecule has 1 atom stereocenters. The van der Waals surface area contributed by atoms with Gasteiger partial charge in [0.15, 0.2) is 0 Å². The highest BCUT2D eigenvalue weighted by Gasteiger charge is 2.17. The quantitative estimate of drug-likeness (QED) is 0.796. The number of hydrogen-bond donors (Lipinski definition) is 1. The molecule has 2 aromatic rings. The second kappa shape index (κ2) is 8.27. The lowest BCUT2D eigenvalue weighted by molar-refractivity contribution is -0.122. The number of carbonyl (C=O) groups excluding carboxylic acids is 1. The van der Waals surface area contributed by atoms with Crippen LogP contribution in [-0.2, 0) is 11.2 Å². The largest absolute Gasteiger partial charge is 0.356 e. The fraction of sp³-hybridized carbons (Fsp3) is 0.333. The predicted molar refractivity (Wildman–Crippen MR) is 85.0 cm³/mol. The van der Waals surface area contributed by atoms with Gasteiger partial charge in [-0.3, -0.25) is 9.78 Å². The summed E-state index contributed by atoms with van der Waals surface area (Å²) in [6.45, 7) is 2.59. The van der Waals surface area contributed by atoms with Crippen molar-refractivity contribution in [2.24, 2.45) is 0 Å². The van der Waals surface area contributed by atoms with Gasteiger partial charge in [0.05, 0.1) is 5.92 Å². The molecule has 1 aromatic heterocycles. The highest BCUT2D eigenvalue weighted by Crippen LogP contribution is 2.20. The summed E-state index contributed by atoms with van der Waals surface area (Å²) >= 11 is 0. The summed E-state index contributed by atoms with van der Waals surface area (Å²) in [4.78, 5) is 16.3. The van der Waals surface area contributed by atoms with Gasteiger partial charge in [-0.2, -0.15) is 0 Å². The van der Waals surface area contributed by atoms with E-state index in [1.165, 1.54) is 17.7 Å².